The van der Waals surface area contributed by atoms with E-state index in [1.54, 1.807) is 37.3 Å². The topological polar surface area (TPSA) is 66.9 Å². The molecule has 0 aliphatic carbocycles. The smallest absolute Gasteiger partial charge is 0.306 e. The molecule has 0 bridgehead atoms. The first-order valence-corrected chi connectivity index (χ1v) is 6.07. The van der Waals surface area contributed by atoms with Crippen LogP contribution in [0, 0.1) is 13.8 Å². The first kappa shape index (κ1) is 13.3. The van der Waals surface area contributed by atoms with Gasteiger partial charge in [-0.05, 0) is 26.0 Å². The van der Waals surface area contributed by atoms with E-state index in [0.29, 0.717) is 22.4 Å². The summed E-state index contributed by atoms with van der Waals surface area (Å²) >= 11 is 5.95. The van der Waals surface area contributed by atoms with Gasteiger partial charge in [0.25, 0.3) is 0 Å². The fourth-order valence-electron chi connectivity index (χ4n) is 1.61. The molecule has 0 aliphatic heterocycles. The van der Waals surface area contributed by atoms with E-state index in [1.807, 2.05) is 6.92 Å². The molecule has 0 unspecified atom stereocenters. The number of carbonyl (C=O) groups is 1. The predicted molar refractivity (Wildman–Crippen MR) is 75.6 cm³/mol. The normalized spacial score (nSPS) is 10.1. The second-order valence-corrected chi connectivity index (χ2v) is 4.41. The van der Waals surface area contributed by atoms with Crippen molar-refractivity contribution in [3.63, 3.8) is 0 Å². The van der Waals surface area contributed by atoms with Gasteiger partial charge in [-0.1, -0.05) is 23.7 Å². The highest BCUT2D eigenvalue weighted by Gasteiger charge is 2.07. The molecular weight excluding hydrogens is 264 g/mol. The largest absolute Gasteiger partial charge is 0.324 e. The van der Waals surface area contributed by atoms with Crippen LogP contribution in [0.2, 0.25) is 5.02 Å². The van der Waals surface area contributed by atoms with Crippen LogP contribution in [0.3, 0.4) is 0 Å². The summed E-state index contributed by atoms with van der Waals surface area (Å²) in [7, 11) is 0. The van der Waals surface area contributed by atoms with E-state index in [0.717, 1.165) is 5.69 Å². The molecule has 19 heavy (non-hydrogen) atoms. The summed E-state index contributed by atoms with van der Waals surface area (Å²) in [5.41, 5.74) is 1.34. The minimum Gasteiger partial charge on any atom is -0.306 e. The van der Waals surface area contributed by atoms with Gasteiger partial charge in [-0.15, -0.1) is 0 Å². The van der Waals surface area contributed by atoms with Crippen molar-refractivity contribution in [3.05, 3.63) is 46.9 Å². The van der Waals surface area contributed by atoms with Crippen LogP contribution in [0.1, 0.15) is 11.5 Å². The van der Waals surface area contributed by atoms with E-state index in [9.17, 15) is 4.79 Å². The summed E-state index contributed by atoms with van der Waals surface area (Å²) in [6.45, 7) is 3.61. The lowest BCUT2D eigenvalue weighted by atomic mass is 10.3. The van der Waals surface area contributed by atoms with Crippen LogP contribution in [0.15, 0.2) is 30.3 Å². The summed E-state index contributed by atoms with van der Waals surface area (Å²) in [6, 6.07) is 8.31. The summed E-state index contributed by atoms with van der Waals surface area (Å²) < 4.78 is 0. The van der Waals surface area contributed by atoms with Crippen molar-refractivity contribution in [1.82, 2.24) is 9.97 Å². The van der Waals surface area contributed by atoms with Crippen LogP contribution in [0.25, 0.3) is 0 Å². The lowest BCUT2D eigenvalue weighted by Gasteiger charge is -2.09. The van der Waals surface area contributed by atoms with E-state index in [4.69, 9.17) is 11.6 Å². The number of nitrogens with zero attached hydrogens (tertiary/aromatic N) is 2. The number of anilines is 2. The van der Waals surface area contributed by atoms with E-state index in [1.165, 1.54) is 0 Å². The second kappa shape index (κ2) is 5.67. The van der Waals surface area contributed by atoms with Gasteiger partial charge < -0.3 is 5.32 Å². The molecule has 1 heterocycles. The fourth-order valence-corrected chi connectivity index (χ4v) is 1.80. The Balaban J connectivity index is 2.07. The standard InChI is InChI=1S/C13H13ClN4O/c1-8-7-12(16-9(2)15-8)18-13(19)17-11-6-4-3-5-10(11)14/h3-7H,1-2H3,(H2,15,16,17,18,19). The molecule has 0 radical (unpaired) electrons. The number of aromatic nitrogens is 2. The zero-order valence-electron chi connectivity index (χ0n) is 10.6. The van der Waals surface area contributed by atoms with Gasteiger partial charge in [0.05, 0.1) is 10.7 Å². The van der Waals surface area contributed by atoms with E-state index in [2.05, 4.69) is 20.6 Å². The Kier molecular flexibility index (Phi) is 3.97. The third kappa shape index (κ3) is 3.66. The first-order chi connectivity index (χ1) is 9.04. The third-order valence-electron chi connectivity index (χ3n) is 2.33. The van der Waals surface area contributed by atoms with Gasteiger partial charge in [0.1, 0.15) is 11.6 Å². The van der Waals surface area contributed by atoms with E-state index < -0.39 is 6.03 Å². The van der Waals surface area contributed by atoms with Crippen LogP contribution >= 0.6 is 11.6 Å². The number of amides is 2. The number of hydrogen-bond donors (Lipinski definition) is 2. The Morgan fingerprint density at radius 1 is 1.16 bits per heavy atom. The molecule has 0 atom stereocenters. The highest BCUT2D eigenvalue weighted by molar-refractivity contribution is 6.33. The zero-order chi connectivity index (χ0) is 13.8. The SMILES string of the molecule is Cc1cc(NC(=O)Nc2ccccc2Cl)nc(C)n1. The minimum absolute atomic E-state index is 0.398. The van der Waals surface area contributed by atoms with Crippen molar-refractivity contribution in [2.75, 3.05) is 10.6 Å². The van der Waals surface area contributed by atoms with E-state index in [-0.39, 0.29) is 0 Å². The second-order valence-electron chi connectivity index (χ2n) is 4.00. The monoisotopic (exact) mass is 276 g/mol. The van der Waals surface area contributed by atoms with Gasteiger partial charge in [0, 0.05) is 11.8 Å². The number of halogens is 1. The maximum atomic E-state index is 11.8. The fraction of sp³-hybridized carbons (Fsp3) is 0.154. The van der Waals surface area contributed by atoms with Gasteiger partial charge in [0.2, 0.25) is 0 Å². The van der Waals surface area contributed by atoms with Crippen LogP contribution < -0.4 is 10.6 Å². The number of carbonyl (C=O) groups excluding carboxylic acids is 1. The molecule has 2 rings (SSSR count). The van der Waals surface area contributed by atoms with Gasteiger partial charge in [-0.2, -0.15) is 0 Å². The van der Waals surface area contributed by atoms with Crippen molar-refractivity contribution >= 4 is 29.1 Å². The van der Waals surface area contributed by atoms with Crippen molar-refractivity contribution < 1.29 is 4.79 Å². The molecule has 98 valence electrons. The number of nitrogens with one attached hydrogen (secondary N) is 2. The van der Waals surface area contributed by atoms with Gasteiger partial charge in [0.15, 0.2) is 0 Å². The van der Waals surface area contributed by atoms with Crippen LogP contribution in [-0.4, -0.2) is 16.0 Å². The number of benzene rings is 1. The average Bonchev–Trinajstić information content (AvgIpc) is 2.30. The molecule has 1 aromatic heterocycles. The molecule has 6 heteroatoms. The maximum Gasteiger partial charge on any atom is 0.324 e. The number of urea groups is 1. The number of hydrogen-bond acceptors (Lipinski definition) is 3. The highest BCUT2D eigenvalue weighted by atomic mass is 35.5. The number of para-hydroxylation sites is 1. The molecule has 2 N–H and O–H groups in total. The summed E-state index contributed by atoms with van der Waals surface area (Å²) in [4.78, 5) is 20.1. The molecule has 1 aromatic carbocycles. The third-order valence-corrected chi connectivity index (χ3v) is 2.66. The van der Waals surface area contributed by atoms with E-state index >= 15 is 0 Å². The van der Waals surface area contributed by atoms with Gasteiger partial charge in [-0.25, -0.2) is 14.8 Å². The molecule has 2 amide bonds. The predicted octanol–water partition coefficient (Wildman–Crippen LogP) is 3.39. The molecule has 0 fully saturated rings. The Labute approximate surface area is 116 Å². The van der Waals surface area contributed by atoms with Crippen molar-refractivity contribution in [2.24, 2.45) is 0 Å². The molecule has 0 spiro atoms. The molecule has 0 saturated carbocycles. The lowest BCUT2D eigenvalue weighted by molar-refractivity contribution is 0.262. The Hall–Kier alpha value is -2.14. The molecule has 0 saturated heterocycles. The van der Waals surface area contributed by atoms with Crippen LogP contribution in [0.4, 0.5) is 16.3 Å². The number of aryl methyl sites for hydroxylation is 2. The maximum absolute atomic E-state index is 11.8. The summed E-state index contributed by atoms with van der Waals surface area (Å²) in [5, 5.41) is 5.77. The summed E-state index contributed by atoms with van der Waals surface area (Å²) in [5.74, 6) is 1.06. The van der Waals surface area contributed by atoms with Crippen LogP contribution in [0.5, 0.6) is 0 Å². The lowest BCUT2D eigenvalue weighted by Crippen LogP contribution is -2.20. The van der Waals surface area contributed by atoms with Crippen LogP contribution in [-0.2, 0) is 0 Å². The van der Waals surface area contributed by atoms with Gasteiger partial charge >= 0.3 is 6.03 Å². The highest BCUT2D eigenvalue weighted by Crippen LogP contribution is 2.20. The summed E-state index contributed by atoms with van der Waals surface area (Å²) in [6.07, 6.45) is 0. The van der Waals surface area contributed by atoms with Crippen molar-refractivity contribution in [3.8, 4) is 0 Å². The quantitative estimate of drug-likeness (QED) is 0.883. The van der Waals surface area contributed by atoms with Gasteiger partial charge in [-0.3, -0.25) is 5.32 Å². The number of rotatable bonds is 2. The van der Waals surface area contributed by atoms with Crippen molar-refractivity contribution in [2.45, 2.75) is 13.8 Å². The molecule has 2 aromatic rings. The average molecular weight is 277 g/mol. The Bertz CT molecular complexity index is 595. The molecule has 5 nitrogen and oxygen atoms in total. The van der Waals surface area contributed by atoms with Crippen molar-refractivity contribution in [1.29, 1.82) is 0 Å². The minimum atomic E-state index is -0.398. The molecule has 0 aliphatic rings. The Morgan fingerprint density at radius 3 is 2.58 bits per heavy atom. The Morgan fingerprint density at radius 2 is 1.89 bits per heavy atom. The first-order valence-electron chi connectivity index (χ1n) is 5.69. The molecular formula is C13H13ClN4O. The zero-order valence-corrected chi connectivity index (χ0v) is 11.3.